The average Bonchev–Trinajstić information content (AvgIpc) is 2.82. The quantitative estimate of drug-likeness (QED) is 0.662. The van der Waals surface area contributed by atoms with E-state index in [1.165, 1.54) is 0 Å². The van der Waals surface area contributed by atoms with Crippen molar-refractivity contribution in [2.24, 2.45) is 5.92 Å². The third-order valence-electron chi connectivity index (χ3n) is 5.58. The van der Waals surface area contributed by atoms with Gasteiger partial charge in [0.2, 0.25) is 5.91 Å². The molecule has 1 heterocycles. The fourth-order valence-corrected chi connectivity index (χ4v) is 3.72. The van der Waals surface area contributed by atoms with Crippen LogP contribution in [0.5, 0.6) is 0 Å². The van der Waals surface area contributed by atoms with Gasteiger partial charge < -0.3 is 15.0 Å². The van der Waals surface area contributed by atoms with E-state index in [1.807, 2.05) is 42.5 Å². The fraction of sp³-hybridized carbons (Fsp3) is 0.400. The SMILES string of the molecule is CCOC(=O)C1CCN(C(=O)c2ccc(CNC(=O)CCc3ccccc3)cc2)CC1. The predicted molar refractivity (Wildman–Crippen MR) is 118 cm³/mol. The van der Waals surface area contributed by atoms with E-state index in [0.717, 1.165) is 11.1 Å². The number of hydrogen-bond acceptors (Lipinski definition) is 4. The lowest BCUT2D eigenvalue weighted by Crippen LogP contribution is -2.40. The van der Waals surface area contributed by atoms with Crippen molar-refractivity contribution in [2.45, 2.75) is 39.2 Å². The van der Waals surface area contributed by atoms with Crippen molar-refractivity contribution < 1.29 is 19.1 Å². The largest absolute Gasteiger partial charge is 0.466 e. The van der Waals surface area contributed by atoms with Gasteiger partial charge in [0, 0.05) is 31.6 Å². The highest BCUT2D eigenvalue weighted by atomic mass is 16.5. The zero-order valence-electron chi connectivity index (χ0n) is 18.0. The molecule has 1 aliphatic rings. The zero-order chi connectivity index (χ0) is 22.1. The van der Waals surface area contributed by atoms with E-state index in [-0.39, 0.29) is 23.7 Å². The monoisotopic (exact) mass is 422 g/mol. The number of benzene rings is 2. The number of piperidine rings is 1. The number of aryl methyl sites for hydroxylation is 1. The van der Waals surface area contributed by atoms with Crippen molar-refractivity contribution >= 4 is 17.8 Å². The average molecular weight is 423 g/mol. The first kappa shape index (κ1) is 22.5. The summed E-state index contributed by atoms with van der Waals surface area (Å²) in [7, 11) is 0. The normalized spacial score (nSPS) is 14.2. The Morgan fingerprint density at radius 1 is 0.968 bits per heavy atom. The maximum Gasteiger partial charge on any atom is 0.309 e. The minimum Gasteiger partial charge on any atom is -0.466 e. The maximum atomic E-state index is 12.7. The second-order valence-electron chi connectivity index (χ2n) is 7.78. The Hall–Kier alpha value is -3.15. The first-order chi connectivity index (χ1) is 15.1. The number of hydrogen-bond donors (Lipinski definition) is 1. The molecule has 0 unspecified atom stereocenters. The molecule has 1 aliphatic heterocycles. The van der Waals surface area contributed by atoms with Crippen LogP contribution in [0.15, 0.2) is 54.6 Å². The molecular weight excluding hydrogens is 392 g/mol. The van der Waals surface area contributed by atoms with Crippen LogP contribution in [0.4, 0.5) is 0 Å². The van der Waals surface area contributed by atoms with Crippen molar-refractivity contribution in [3.05, 3.63) is 71.3 Å². The van der Waals surface area contributed by atoms with E-state index in [9.17, 15) is 14.4 Å². The third-order valence-corrected chi connectivity index (χ3v) is 5.58. The minimum atomic E-state index is -0.162. The summed E-state index contributed by atoms with van der Waals surface area (Å²) < 4.78 is 5.08. The molecule has 1 saturated heterocycles. The Morgan fingerprint density at radius 3 is 2.29 bits per heavy atom. The Bertz CT molecular complexity index is 872. The van der Waals surface area contributed by atoms with Crippen LogP contribution < -0.4 is 5.32 Å². The van der Waals surface area contributed by atoms with Crippen molar-refractivity contribution in [1.82, 2.24) is 10.2 Å². The second kappa shape index (κ2) is 11.3. The summed E-state index contributed by atoms with van der Waals surface area (Å²) >= 11 is 0. The predicted octanol–water partition coefficient (Wildman–Crippen LogP) is 3.35. The summed E-state index contributed by atoms with van der Waals surface area (Å²) in [5.41, 5.74) is 2.71. The third kappa shape index (κ3) is 6.67. The van der Waals surface area contributed by atoms with Crippen molar-refractivity contribution in [1.29, 1.82) is 0 Å². The number of esters is 1. The van der Waals surface area contributed by atoms with E-state index < -0.39 is 0 Å². The summed E-state index contributed by atoms with van der Waals surface area (Å²) in [6, 6.07) is 17.3. The molecule has 0 atom stereocenters. The molecule has 2 amide bonds. The van der Waals surface area contributed by atoms with Gasteiger partial charge in [0.15, 0.2) is 0 Å². The standard InChI is InChI=1S/C25H30N2O4/c1-2-31-25(30)22-14-16-27(17-15-22)24(29)21-11-8-20(9-12-21)18-26-23(28)13-10-19-6-4-3-5-7-19/h3-9,11-12,22H,2,10,13-18H2,1H3,(H,26,28). The van der Waals surface area contributed by atoms with E-state index in [0.29, 0.717) is 57.5 Å². The fourth-order valence-electron chi connectivity index (χ4n) is 3.72. The zero-order valence-corrected chi connectivity index (χ0v) is 18.0. The first-order valence-electron chi connectivity index (χ1n) is 10.9. The van der Waals surface area contributed by atoms with E-state index >= 15 is 0 Å². The van der Waals surface area contributed by atoms with Gasteiger partial charge in [0.25, 0.3) is 5.91 Å². The molecule has 31 heavy (non-hydrogen) atoms. The van der Waals surface area contributed by atoms with Crippen LogP contribution in [0, 0.1) is 5.92 Å². The molecule has 0 aromatic heterocycles. The summed E-state index contributed by atoms with van der Waals surface area (Å²) in [6.07, 6.45) is 2.44. The molecule has 2 aromatic carbocycles. The van der Waals surface area contributed by atoms with Crippen LogP contribution in [0.2, 0.25) is 0 Å². The molecule has 0 radical (unpaired) electrons. The Balaban J connectivity index is 1.43. The van der Waals surface area contributed by atoms with Crippen LogP contribution in [-0.2, 0) is 27.3 Å². The lowest BCUT2D eigenvalue weighted by atomic mass is 9.96. The van der Waals surface area contributed by atoms with Gasteiger partial charge in [-0.15, -0.1) is 0 Å². The molecule has 164 valence electrons. The molecule has 6 nitrogen and oxygen atoms in total. The lowest BCUT2D eigenvalue weighted by molar-refractivity contribution is -0.149. The van der Waals surface area contributed by atoms with Crippen molar-refractivity contribution in [2.75, 3.05) is 19.7 Å². The van der Waals surface area contributed by atoms with Gasteiger partial charge in [-0.25, -0.2) is 0 Å². The van der Waals surface area contributed by atoms with Gasteiger partial charge in [0.1, 0.15) is 0 Å². The molecule has 3 rings (SSSR count). The van der Waals surface area contributed by atoms with E-state index in [1.54, 1.807) is 24.0 Å². The molecule has 2 aromatic rings. The molecule has 0 aliphatic carbocycles. The van der Waals surface area contributed by atoms with Gasteiger partial charge in [-0.1, -0.05) is 42.5 Å². The van der Waals surface area contributed by atoms with E-state index in [4.69, 9.17) is 4.74 Å². The topological polar surface area (TPSA) is 75.7 Å². The van der Waals surface area contributed by atoms with Gasteiger partial charge in [-0.05, 0) is 49.4 Å². The first-order valence-corrected chi connectivity index (χ1v) is 10.9. The van der Waals surface area contributed by atoms with Crippen LogP contribution >= 0.6 is 0 Å². The summed E-state index contributed by atoms with van der Waals surface area (Å²) in [6.45, 7) is 3.74. The smallest absolute Gasteiger partial charge is 0.309 e. The molecule has 0 spiro atoms. The van der Waals surface area contributed by atoms with Crippen LogP contribution in [0.1, 0.15) is 47.7 Å². The molecule has 1 fully saturated rings. The number of likely N-dealkylation sites (tertiary alicyclic amines) is 1. The summed E-state index contributed by atoms with van der Waals surface area (Å²) in [5.74, 6) is -0.295. The number of carbonyl (C=O) groups excluding carboxylic acids is 3. The Morgan fingerprint density at radius 2 is 1.65 bits per heavy atom. The van der Waals surface area contributed by atoms with Gasteiger partial charge >= 0.3 is 5.97 Å². The maximum absolute atomic E-state index is 12.7. The van der Waals surface area contributed by atoms with Gasteiger partial charge in [-0.2, -0.15) is 0 Å². The highest BCUT2D eigenvalue weighted by Crippen LogP contribution is 2.20. The lowest BCUT2D eigenvalue weighted by Gasteiger charge is -2.31. The molecular formula is C25H30N2O4. The van der Waals surface area contributed by atoms with Crippen LogP contribution in [-0.4, -0.2) is 42.4 Å². The number of ether oxygens (including phenoxy) is 1. The van der Waals surface area contributed by atoms with E-state index in [2.05, 4.69) is 5.32 Å². The Labute approximate surface area is 183 Å². The summed E-state index contributed by atoms with van der Waals surface area (Å²) in [5, 5.41) is 2.93. The Kier molecular flexibility index (Phi) is 8.21. The number of nitrogens with zero attached hydrogens (tertiary/aromatic N) is 1. The highest BCUT2D eigenvalue weighted by Gasteiger charge is 2.28. The second-order valence-corrected chi connectivity index (χ2v) is 7.78. The highest BCUT2D eigenvalue weighted by molar-refractivity contribution is 5.94. The molecule has 0 bridgehead atoms. The van der Waals surface area contributed by atoms with Crippen molar-refractivity contribution in [3.63, 3.8) is 0 Å². The van der Waals surface area contributed by atoms with Crippen LogP contribution in [0.3, 0.4) is 0 Å². The molecule has 6 heteroatoms. The van der Waals surface area contributed by atoms with Gasteiger partial charge in [0.05, 0.1) is 12.5 Å². The summed E-state index contributed by atoms with van der Waals surface area (Å²) in [4.78, 5) is 38.5. The molecule has 1 N–H and O–H groups in total. The molecule has 0 saturated carbocycles. The number of amides is 2. The number of carbonyl (C=O) groups is 3. The van der Waals surface area contributed by atoms with Crippen LogP contribution in [0.25, 0.3) is 0 Å². The minimum absolute atomic E-state index is 0.00785. The number of nitrogens with one attached hydrogen (secondary N) is 1. The van der Waals surface area contributed by atoms with Crippen molar-refractivity contribution in [3.8, 4) is 0 Å². The number of rotatable bonds is 8. The van der Waals surface area contributed by atoms with Gasteiger partial charge in [-0.3, -0.25) is 14.4 Å².